The van der Waals surface area contributed by atoms with Gasteiger partial charge < -0.3 is 5.11 Å². The lowest BCUT2D eigenvalue weighted by molar-refractivity contribution is 0.291. The van der Waals surface area contributed by atoms with Crippen molar-refractivity contribution in [1.29, 1.82) is 0 Å². The number of nitrogens with zero attached hydrogens (tertiary/aromatic N) is 1. The summed E-state index contributed by atoms with van der Waals surface area (Å²) < 4.78 is 0. The third kappa shape index (κ3) is 3.12. The molecule has 0 heterocycles. The summed E-state index contributed by atoms with van der Waals surface area (Å²) in [6.45, 7) is 6.20. The van der Waals surface area contributed by atoms with Crippen molar-refractivity contribution in [2.45, 2.75) is 20.4 Å². The maximum atomic E-state index is 9.94. The fourth-order valence-electron chi connectivity index (χ4n) is 1.48. The maximum absolute atomic E-state index is 9.94. The predicted molar refractivity (Wildman–Crippen MR) is 74.8 cm³/mol. The second kappa shape index (κ2) is 6.35. The molecule has 1 rings (SSSR count). The lowest BCUT2D eigenvalue weighted by atomic mass is 10.1. The molecule has 0 aromatic heterocycles. The van der Waals surface area contributed by atoms with Crippen LogP contribution < -0.4 is 0 Å². The largest absolute Gasteiger partial charge is 0.506 e. The van der Waals surface area contributed by atoms with Crippen molar-refractivity contribution in [2.24, 2.45) is 0 Å². The van der Waals surface area contributed by atoms with Gasteiger partial charge in [0.25, 0.3) is 0 Å². The number of hydrogen-bond donors (Lipinski definition) is 1. The first-order chi connectivity index (χ1) is 7.93. The van der Waals surface area contributed by atoms with Gasteiger partial charge in [-0.1, -0.05) is 60.3 Å². The molecule has 1 aromatic carbocycles. The Hall–Kier alpha value is 0.140. The highest BCUT2D eigenvalue weighted by Crippen LogP contribution is 2.45. The van der Waals surface area contributed by atoms with Crippen LogP contribution in [-0.4, -0.2) is 23.1 Å². The molecule has 17 heavy (non-hydrogen) atoms. The van der Waals surface area contributed by atoms with Crippen LogP contribution in [0.4, 0.5) is 0 Å². The summed E-state index contributed by atoms with van der Waals surface area (Å²) in [5.41, 5.74) is 0.509. The lowest BCUT2D eigenvalue weighted by Crippen LogP contribution is -2.22. The monoisotopic (exact) mass is 315 g/mol. The fourth-order valence-corrected chi connectivity index (χ4v) is 2.42. The summed E-state index contributed by atoms with van der Waals surface area (Å²) in [5.74, 6) is -0.0991. The third-order valence-electron chi connectivity index (χ3n) is 2.61. The maximum Gasteiger partial charge on any atom is 0.141 e. The second-order valence-corrected chi connectivity index (χ2v) is 5.06. The number of halogens is 4. The van der Waals surface area contributed by atoms with E-state index in [1.165, 1.54) is 0 Å². The third-order valence-corrected chi connectivity index (χ3v) is 4.44. The minimum absolute atomic E-state index is 0.0447. The van der Waals surface area contributed by atoms with Crippen molar-refractivity contribution < 1.29 is 5.11 Å². The van der Waals surface area contributed by atoms with Gasteiger partial charge in [-0.15, -0.1) is 0 Å². The van der Waals surface area contributed by atoms with Crippen molar-refractivity contribution in [3.05, 3.63) is 25.7 Å². The molecule has 2 nitrogen and oxygen atoms in total. The van der Waals surface area contributed by atoms with Gasteiger partial charge in [0.15, 0.2) is 0 Å². The van der Waals surface area contributed by atoms with Crippen LogP contribution in [-0.2, 0) is 6.54 Å². The Balaban J connectivity index is 3.24. The van der Waals surface area contributed by atoms with Gasteiger partial charge >= 0.3 is 0 Å². The van der Waals surface area contributed by atoms with Crippen molar-refractivity contribution in [3.8, 4) is 5.75 Å². The van der Waals surface area contributed by atoms with Crippen LogP contribution in [0, 0.1) is 0 Å². The quantitative estimate of drug-likeness (QED) is 0.634. The molecule has 0 aliphatic heterocycles. The molecule has 0 unspecified atom stereocenters. The van der Waals surface area contributed by atoms with Gasteiger partial charge in [0, 0.05) is 12.1 Å². The van der Waals surface area contributed by atoms with Crippen molar-refractivity contribution >= 4 is 46.4 Å². The number of phenols is 1. The van der Waals surface area contributed by atoms with Crippen LogP contribution in [0.15, 0.2) is 0 Å². The van der Waals surface area contributed by atoms with E-state index in [1.807, 2.05) is 13.8 Å². The normalized spacial score (nSPS) is 11.2. The molecule has 0 atom stereocenters. The summed E-state index contributed by atoms with van der Waals surface area (Å²) >= 11 is 23.8. The molecule has 0 bridgehead atoms. The molecule has 0 saturated heterocycles. The minimum atomic E-state index is -0.0991. The van der Waals surface area contributed by atoms with Crippen LogP contribution in [0.5, 0.6) is 5.75 Å². The highest BCUT2D eigenvalue weighted by Gasteiger charge is 2.20. The first-order valence-corrected chi connectivity index (χ1v) is 6.71. The molecule has 6 heteroatoms. The number of phenolic OH excluding ortho intramolecular Hbond substituents is 1. The van der Waals surface area contributed by atoms with E-state index >= 15 is 0 Å². The van der Waals surface area contributed by atoms with Gasteiger partial charge in [-0.3, -0.25) is 4.90 Å². The first-order valence-electron chi connectivity index (χ1n) is 5.20. The van der Waals surface area contributed by atoms with Gasteiger partial charge in [-0.05, 0) is 13.1 Å². The Morgan fingerprint density at radius 3 is 1.82 bits per heavy atom. The zero-order chi connectivity index (χ0) is 13.2. The summed E-state index contributed by atoms with van der Waals surface area (Å²) in [4.78, 5) is 2.08. The van der Waals surface area contributed by atoms with Gasteiger partial charge in [0.2, 0.25) is 0 Å². The second-order valence-electron chi connectivity index (χ2n) is 3.54. The predicted octanol–water partition coefficient (Wildman–Crippen LogP) is 4.85. The molecule has 1 N–H and O–H groups in total. The molecular weight excluding hydrogens is 304 g/mol. The van der Waals surface area contributed by atoms with E-state index in [0.29, 0.717) is 12.1 Å². The van der Waals surface area contributed by atoms with Crippen molar-refractivity contribution in [3.63, 3.8) is 0 Å². The molecule has 0 aliphatic carbocycles. The highest BCUT2D eigenvalue weighted by molar-refractivity contribution is 6.52. The van der Waals surface area contributed by atoms with Crippen LogP contribution in [0.1, 0.15) is 19.4 Å². The number of rotatable bonds is 4. The molecule has 0 amide bonds. The summed E-state index contributed by atoms with van der Waals surface area (Å²) in [6, 6.07) is 0. The molecule has 1 aromatic rings. The molecular formula is C11H13Cl4NO. The summed E-state index contributed by atoms with van der Waals surface area (Å²) in [6.07, 6.45) is 0. The minimum Gasteiger partial charge on any atom is -0.506 e. The lowest BCUT2D eigenvalue weighted by Gasteiger charge is -2.20. The number of aromatic hydroxyl groups is 1. The highest BCUT2D eigenvalue weighted by atomic mass is 35.5. The number of hydrogen-bond acceptors (Lipinski definition) is 2. The average Bonchev–Trinajstić information content (AvgIpc) is 2.34. The van der Waals surface area contributed by atoms with E-state index in [1.54, 1.807) is 0 Å². The first kappa shape index (κ1) is 15.2. The molecule has 0 fully saturated rings. The van der Waals surface area contributed by atoms with E-state index in [-0.39, 0.29) is 25.8 Å². The number of benzene rings is 1. The average molecular weight is 317 g/mol. The Bertz CT molecular complexity index is 389. The van der Waals surface area contributed by atoms with E-state index in [9.17, 15) is 5.11 Å². The zero-order valence-corrected chi connectivity index (χ0v) is 12.6. The van der Waals surface area contributed by atoms with Crippen LogP contribution in [0.2, 0.25) is 20.1 Å². The summed E-state index contributed by atoms with van der Waals surface area (Å²) in [5, 5.41) is 10.5. The Labute approximate surface area is 121 Å². The van der Waals surface area contributed by atoms with Crippen molar-refractivity contribution in [2.75, 3.05) is 13.1 Å². The molecule has 0 saturated carbocycles. The van der Waals surface area contributed by atoms with Gasteiger partial charge in [-0.25, -0.2) is 0 Å². The van der Waals surface area contributed by atoms with Crippen LogP contribution >= 0.6 is 46.4 Å². The van der Waals surface area contributed by atoms with Crippen molar-refractivity contribution in [1.82, 2.24) is 4.90 Å². The van der Waals surface area contributed by atoms with Gasteiger partial charge in [0.05, 0.1) is 15.1 Å². The Morgan fingerprint density at radius 1 is 0.882 bits per heavy atom. The van der Waals surface area contributed by atoms with E-state index in [2.05, 4.69) is 4.90 Å². The van der Waals surface area contributed by atoms with E-state index < -0.39 is 0 Å². The molecule has 0 aliphatic rings. The molecule has 96 valence electrons. The molecule has 0 radical (unpaired) electrons. The van der Waals surface area contributed by atoms with Gasteiger partial charge in [0.1, 0.15) is 10.8 Å². The van der Waals surface area contributed by atoms with Crippen LogP contribution in [0.25, 0.3) is 0 Å². The Morgan fingerprint density at radius 2 is 1.35 bits per heavy atom. The van der Waals surface area contributed by atoms with Gasteiger partial charge in [-0.2, -0.15) is 0 Å². The fraction of sp³-hybridized carbons (Fsp3) is 0.455. The standard InChI is InChI=1S/C11H13Cl4NO/c1-3-16(4-2)5-6-7(12)8(13)9(14)10(15)11(6)17/h17H,3-5H2,1-2H3. The van der Waals surface area contributed by atoms with Crippen LogP contribution in [0.3, 0.4) is 0 Å². The molecule has 0 spiro atoms. The zero-order valence-electron chi connectivity index (χ0n) is 9.53. The SMILES string of the molecule is CCN(CC)Cc1c(O)c(Cl)c(Cl)c(Cl)c1Cl. The summed E-state index contributed by atoms with van der Waals surface area (Å²) in [7, 11) is 0. The Kier molecular flexibility index (Phi) is 5.68. The van der Waals surface area contributed by atoms with E-state index in [4.69, 9.17) is 46.4 Å². The van der Waals surface area contributed by atoms with E-state index in [0.717, 1.165) is 13.1 Å². The smallest absolute Gasteiger partial charge is 0.141 e. The topological polar surface area (TPSA) is 23.5 Å².